The van der Waals surface area contributed by atoms with E-state index in [0.717, 1.165) is 16.8 Å². The lowest BCUT2D eigenvalue weighted by Crippen LogP contribution is -2.22. The molecule has 1 unspecified atom stereocenters. The standard InChI is InChI=1S/C17H14ClN7O2S.ClH/c18-9-1-3-11-8(5-9)6-14(15(11)23-24-16(19)20)28-17-21-12-4-2-10(25(26)27)7-13(12)22-17;/h1-5,7,14H,6H2,(H,21,22)(H4,19,20,24);1H/b23-15+;. The Hall–Kier alpha value is -2.82. The molecule has 12 heteroatoms. The second kappa shape index (κ2) is 8.27. The van der Waals surface area contributed by atoms with Crippen LogP contribution in [0, 0.1) is 10.1 Å². The minimum absolute atomic E-state index is 0. The third-order valence-corrected chi connectivity index (χ3v) is 5.56. The summed E-state index contributed by atoms with van der Waals surface area (Å²) in [6.07, 6.45) is 0.677. The molecule has 1 aliphatic rings. The first kappa shape index (κ1) is 20.9. The molecule has 0 amide bonds. The summed E-state index contributed by atoms with van der Waals surface area (Å²) < 4.78 is 0. The van der Waals surface area contributed by atoms with Crippen molar-refractivity contribution in [1.29, 1.82) is 0 Å². The highest BCUT2D eigenvalue weighted by Crippen LogP contribution is 2.36. The van der Waals surface area contributed by atoms with Gasteiger partial charge in [0.2, 0.25) is 5.96 Å². The predicted molar refractivity (Wildman–Crippen MR) is 117 cm³/mol. The number of nitro benzene ring substituents is 1. The fourth-order valence-corrected chi connectivity index (χ4v) is 4.39. The quantitative estimate of drug-likeness (QED) is 0.240. The van der Waals surface area contributed by atoms with Crippen LogP contribution in [0.25, 0.3) is 11.0 Å². The zero-order chi connectivity index (χ0) is 19.8. The Morgan fingerprint density at radius 3 is 2.83 bits per heavy atom. The Bertz CT molecular complexity index is 1160. The molecule has 0 spiro atoms. The molecule has 150 valence electrons. The number of nitrogens with zero attached hydrogens (tertiary/aromatic N) is 4. The highest BCUT2D eigenvalue weighted by molar-refractivity contribution is 8.00. The Balaban J connectivity index is 0.00000240. The summed E-state index contributed by atoms with van der Waals surface area (Å²) in [5.74, 6) is -0.130. The van der Waals surface area contributed by atoms with E-state index in [2.05, 4.69) is 20.2 Å². The van der Waals surface area contributed by atoms with Crippen molar-refractivity contribution in [2.24, 2.45) is 21.7 Å². The lowest BCUT2D eigenvalue weighted by atomic mass is 10.1. The van der Waals surface area contributed by atoms with Crippen LogP contribution in [0.4, 0.5) is 5.69 Å². The number of aromatic amines is 1. The van der Waals surface area contributed by atoms with Crippen molar-refractivity contribution in [3.05, 3.63) is 62.7 Å². The van der Waals surface area contributed by atoms with Gasteiger partial charge in [-0.25, -0.2) is 4.98 Å². The number of thioether (sulfide) groups is 1. The first-order valence-electron chi connectivity index (χ1n) is 8.17. The highest BCUT2D eigenvalue weighted by atomic mass is 35.5. The summed E-state index contributed by atoms with van der Waals surface area (Å²) in [5, 5.41) is 20.2. The molecule has 1 heterocycles. The van der Waals surface area contributed by atoms with Gasteiger partial charge in [-0.3, -0.25) is 10.1 Å². The molecule has 0 bridgehead atoms. The fraction of sp³-hybridized carbons (Fsp3) is 0.118. The van der Waals surface area contributed by atoms with Gasteiger partial charge in [0.1, 0.15) is 0 Å². The SMILES string of the molecule is Cl.NC(N)=N/N=C1\c2ccc(Cl)cc2CC1Sc1nc2ccc([N+](=O)[O-])cc2[nH]1. The molecule has 2 aromatic carbocycles. The Morgan fingerprint density at radius 2 is 2.10 bits per heavy atom. The molecule has 0 radical (unpaired) electrons. The number of nitrogens with one attached hydrogen (secondary N) is 1. The van der Waals surface area contributed by atoms with Crippen molar-refractivity contribution in [2.45, 2.75) is 16.8 Å². The Kier molecular flexibility index (Phi) is 5.96. The summed E-state index contributed by atoms with van der Waals surface area (Å²) in [5.41, 5.74) is 14.8. The average molecular weight is 452 g/mol. The van der Waals surface area contributed by atoms with E-state index in [1.807, 2.05) is 12.1 Å². The van der Waals surface area contributed by atoms with E-state index in [4.69, 9.17) is 23.1 Å². The van der Waals surface area contributed by atoms with Crippen molar-refractivity contribution >= 4 is 64.2 Å². The van der Waals surface area contributed by atoms with Crippen LogP contribution >= 0.6 is 35.8 Å². The lowest BCUT2D eigenvalue weighted by molar-refractivity contribution is -0.384. The smallest absolute Gasteiger partial charge is 0.271 e. The number of rotatable bonds is 4. The van der Waals surface area contributed by atoms with Crippen molar-refractivity contribution in [3.8, 4) is 0 Å². The Morgan fingerprint density at radius 1 is 1.31 bits per heavy atom. The topological polar surface area (TPSA) is 149 Å². The van der Waals surface area contributed by atoms with E-state index >= 15 is 0 Å². The van der Waals surface area contributed by atoms with Gasteiger partial charge in [-0.15, -0.1) is 17.5 Å². The molecular weight excluding hydrogens is 437 g/mol. The number of H-pyrrole nitrogens is 1. The molecule has 3 aromatic rings. The zero-order valence-corrected chi connectivity index (χ0v) is 17.1. The van der Waals surface area contributed by atoms with Crippen molar-refractivity contribution in [1.82, 2.24) is 9.97 Å². The number of nitrogens with two attached hydrogens (primary N) is 2. The number of imidazole rings is 1. The third kappa shape index (κ3) is 4.29. The number of halogens is 2. The van der Waals surface area contributed by atoms with Gasteiger partial charge in [0, 0.05) is 22.7 Å². The van der Waals surface area contributed by atoms with E-state index in [-0.39, 0.29) is 29.3 Å². The third-order valence-electron chi connectivity index (χ3n) is 4.24. The molecule has 0 saturated heterocycles. The van der Waals surface area contributed by atoms with E-state index in [0.29, 0.717) is 27.6 Å². The van der Waals surface area contributed by atoms with Crippen LogP contribution in [0.3, 0.4) is 0 Å². The molecular formula is C17H15Cl2N7O2S. The summed E-state index contributed by atoms with van der Waals surface area (Å²) in [7, 11) is 0. The fourth-order valence-electron chi connectivity index (χ4n) is 3.06. The molecule has 9 nitrogen and oxygen atoms in total. The van der Waals surface area contributed by atoms with E-state index in [9.17, 15) is 10.1 Å². The molecule has 0 fully saturated rings. The molecule has 0 saturated carbocycles. The number of guanidine groups is 1. The molecule has 4 rings (SSSR count). The maximum Gasteiger partial charge on any atom is 0.271 e. The second-order valence-corrected chi connectivity index (χ2v) is 7.75. The number of non-ortho nitro benzene ring substituents is 1. The maximum atomic E-state index is 11.0. The average Bonchev–Trinajstić information content (AvgIpc) is 3.18. The molecule has 1 aromatic heterocycles. The van der Waals surface area contributed by atoms with Gasteiger partial charge in [0.15, 0.2) is 5.16 Å². The van der Waals surface area contributed by atoms with Crippen molar-refractivity contribution < 1.29 is 4.92 Å². The monoisotopic (exact) mass is 451 g/mol. The first-order chi connectivity index (χ1) is 13.4. The van der Waals surface area contributed by atoms with Gasteiger partial charge in [0.25, 0.3) is 5.69 Å². The minimum Gasteiger partial charge on any atom is -0.369 e. The lowest BCUT2D eigenvalue weighted by Gasteiger charge is -2.07. The molecule has 0 aliphatic heterocycles. The van der Waals surface area contributed by atoms with Crippen LogP contribution in [-0.2, 0) is 6.42 Å². The summed E-state index contributed by atoms with van der Waals surface area (Å²) in [6, 6.07) is 10.1. The van der Waals surface area contributed by atoms with Crippen LogP contribution in [0.5, 0.6) is 0 Å². The van der Waals surface area contributed by atoms with Crippen LogP contribution in [0.15, 0.2) is 51.8 Å². The number of fused-ring (bicyclic) bond motifs is 2. The van der Waals surface area contributed by atoms with Crippen LogP contribution in [0.1, 0.15) is 11.1 Å². The second-order valence-electron chi connectivity index (χ2n) is 6.12. The first-order valence-corrected chi connectivity index (χ1v) is 9.42. The number of hydrogen-bond donors (Lipinski definition) is 3. The number of benzene rings is 2. The van der Waals surface area contributed by atoms with Gasteiger partial charge in [0.05, 0.1) is 26.9 Å². The van der Waals surface area contributed by atoms with E-state index in [1.165, 1.54) is 23.9 Å². The number of aromatic nitrogens is 2. The largest absolute Gasteiger partial charge is 0.369 e. The molecule has 29 heavy (non-hydrogen) atoms. The van der Waals surface area contributed by atoms with Crippen LogP contribution in [0.2, 0.25) is 5.02 Å². The van der Waals surface area contributed by atoms with Crippen molar-refractivity contribution in [2.75, 3.05) is 0 Å². The van der Waals surface area contributed by atoms with Gasteiger partial charge in [-0.2, -0.15) is 5.10 Å². The van der Waals surface area contributed by atoms with Gasteiger partial charge >= 0.3 is 0 Å². The maximum absolute atomic E-state index is 11.0. The predicted octanol–water partition coefficient (Wildman–Crippen LogP) is 3.24. The number of hydrogen-bond acceptors (Lipinski definition) is 6. The van der Waals surface area contributed by atoms with Crippen molar-refractivity contribution in [3.63, 3.8) is 0 Å². The minimum atomic E-state index is -0.440. The van der Waals surface area contributed by atoms with Crippen LogP contribution in [-0.4, -0.2) is 31.8 Å². The summed E-state index contributed by atoms with van der Waals surface area (Å²) >= 11 is 7.56. The molecule has 1 aliphatic carbocycles. The van der Waals surface area contributed by atoms with Gasteiger partial charge < -0.3 is 16.5 Å². The number of nitro groups is 1. The normalized spacial score (nSPS) is 16.4. The van der Waals surface area contributed by atoms with E-state index < -0.39 is 4.92 Å². The Labute approximate surface area is 180 Å². The van der Waals surface area contributed by atoms with Crippen LogP contribution < -0.4 is 11.5 Å². The summed E-state index contributed by atoms with van der Waals surface area (Å²) in [4.78, 5) is 18.1. The summed E-state index contributed by atoms with van der Waals surface area (Å²) in [6.45, 7) is 0. The molecule has 1 atom stereocenters. The van der Waals surface area contributed by atoms with Gasteiger partial charge in [-0.1, -0.05) is 29.4 Å². The highest BCUT2D eigenvalue weighted by Gasteiger charge is 2.31. The van der Waals surface area contributed by atoms with E-state index in [1.54, 1.807) is 12.1 Å². The van der Waals surface area contributed by atoms with Gasteiger partial charge in [-0.05, 0) is 30.2 Å². The molecule has 5 N–H and O–H groups in total. The zero-order valence-electron chi connectivity index (χ0n) is 14.7.